The number of amides is 1. The first-order valence-electron chi connectivity index (χ1n) is 7.08. The van der Waals surface area contributed by atoms with Crippen molar-refractivity contribution in [3.8, 4) is 0 Å². The summed E-state index contributed by atoms with van der Waals surface area (Å²) < 4.78 is 0. The number of nitrogen functional groups attached to an aromatic ring is 1. The van der Waals surface area contributed by atoms with E-state index < -0.39 is 0 Å². The van der Waals surface area contributed by atoms with Crippen LogP contribution in [0.4, 0.5) is 17.2 Å². The standard InChI is InChI=1S/C16H20N4O2/c1-18-14-7-6-12(11-13(14)17)16(22)20(9-4-10-21)15-5-2-3-8-19-15/h2-3,5-8,11,18,21H,4,9-10,17H2,1H3. The van der Waals surface area contributed by atoms with E-state index in [-0.39, 0.29) is 12.5 Å². The third-order valence-electron chi connectivity index (χ3n) is 3.28. The van der Waals surface area contributed by atoms with Gasteiger partial charge < -0.3 is 16.2 Å². The number of nitrogens with one attached hydrogen (secondary N) is 1. The molecule has 0 radical (unpaired) electrons. The number of anilines is 3. The number of aliphatic hydroxyl groups excluding tert-OH is 1. The van der Waals surface area contributed by atoms with Crippen LogP contribution in [0, 0.1) is 0 Å². The second-order valence-corrected chi connectivity index (χ2v) is 4.77. The lowest BCUT2D eigenvalue weighted by Crippen LogP contribution is -2.33. The molecule has 1 heterocycles. The molecule has 0 bridgehead atoms. The first-order valence-corrected chi connectivity index (χ1v) is 7.08. The SMILES string of the molecule is CNc1ccc(C(=O)N(CCCO)c2ccccn2)cc1N. The Morgan fingerprint density at radius 3 is 2.77 bits per heavy atom. The minimum absolute atomic E-state index is 0.0114. The molecule has 116 valence electrons. The van der Waals surface area contributed by atoms with Gasteiger partial charge in [-0.3, -0.25) is 9.69 Å². The summed E-state index contributed by atoms with van der Waals surface area (Å²) in [5.41, 5.74) is 7.69. The average molecular weight is 300 g/mol. The number of carbonyl (C=O) groups is 1. The number of hydrogen-bond donors (Lipinski definition) is 3. The molecule has 0 fully saturated rings. The number of pyridine rings is 1. The zero-order valence-electron chi connectivity index (χ0n) is 12.5. The summed E-state index contributed by atoms with van der Waals surface area (Å²) in [7, 11) is 1.77. The van der Waals surface area contributed by atoms with Gasteiger partial charge in [0, 0.05) is 32.0 Å². The first kappa shape index (κ1) is 15.8. The van der Waals surface area contributed by atoms with Crippen molar-refractivity contribution < 1.29 is 9.90 Å². The van der Waals surface area contributed by atoms with Gasteiger partial charge in [0.05, 0.1) is 11.4 Å². The summed E-state index contributed by atoms with van der Waals surface area (Å²) in [5, 5.41) is 12.0. The van der Waals surface area contributed by atoms with Crippen LogP contribution < -0.4 is 16.0 Å². The van der Waals surface area contributed by atoms with E-state index in [2.05, 4.69) is 10.3 Å². The Morgan fingerprint density at radius 2 is 2.18 bits per heavy atom. The maximum atomic E-state index is 12.7. The maximum Gasteiger partial charge on any atom is 0.259 e. The van der Waals surface area contributed by atoms with Crippen LogP contribution in [-0.2, 0) is 0 Å². The molecule has 2 aromatic rings. The predicted octanol–water partition coefficient (Wildman–Crippen LogP) is 1.73. The summed E-state index contributed by atoms with van der Waals surface area (Å²) in [6, 6.07) is 10.5. The van der Waals surface area contributed by atoms with Gasteiger partial charge in [-0.15, -0.1) is 0 Å². The van der Waals surface area contributed by atoms with E-state index in [1.807, 2.05) is 6.07 Å². The van der Waals surface area contributed by atoms with Crippen LogP contribution in [0.15, 0.2) is 42.6 Å². The van der Waals surface area contributed by atoms with Crippen LogP contribution in [0.3, 0.4) is 0 Å². The Bertz CT molecular complexity index is 631. The highest BCUT2D eigenvalue weighted by Gasteiger charge is 2.19. The van der Waals surface area contributed by atoms with Crippen molar-refractivity contribution in [3.05, 3.63) is 48.2 Å². The molecular weight excluding hydrogens is 280 g/mol. The number of hydrogen-bond acceptors (Lipinski definition) is 5. The van der Waals surface area contributed by atoms with Gasteiger partial charge in [0.15, 0.2) is 0 Å². The molecule has 1 amide bonds. The lowest BCUT2D eigenvalue weighted by atomic mass is 10.1. The molecule has 4 N–H and O–H groups in total. The van der Waals surface area contributed by atoms with Crippen molar-refractivity contribution in [2.45, 2.75) is 6.42 Å². The van der Waals surface area contributed by atoms with E-state index in [1.165, 1.54) is 0 Å². The van der Waals surface area contributed by atoms with Gasteiger partial charge in [-0.05, 0) is 36.8 Å². The second-order valence-electron chi connectivity index (χ2n) is 4.77. The van der Waals surface area contributed by atoms with E-state index >= 15 is 0 Å². The molecule has 1 aromatic carbocycles. The van der Waals surface area contributed by atoms with E-state index in [4.69, 9.17) is 10.8 Å². The third kappa shape index (κ3) is 3.53. The van der Waals surface area contributed by atoms with Gasteiger partial charge >= 0.3 is 0 Å². The summed E-state index contributed by atoms with van der Waals surface area (Å²) >= 11 is 0. The van der Waals surface area contributed by atoms with E-state index in [1.54, 1.807) is 48.5 Å². The zero-order chi connectivity index (χ0) is 15.9. The Kier molecular flexibility index (Phi) is 5.32. The smallest absolute Gasteiger partial charge is 0.259 e. The number of benzene rings is 1. The molecule has 2 rings (SSSR count). The Balaban J connectivity index is 2.31. The largest absolute Gasteiger partial charge is 0.397 e. The molecule has 0 saturated heterocycles. The van der Waals surface area contributed by atoms with Crippen molar-refractivity contribution in [3.63, 3.8) is 0 Å². The molecule has 0 atom stereocenters. The lowest BCUT2D eigenvalue weighted by molar-refractivity contribution is 0.0984. The van der Waals surface area contributed by atoms with Crippen molar-refractivity contribution >= 4 is 23.1 Å². The number of rotatable bonds is 6. The van der Waals surface area contributed by atoms with Crippen LogP contribution in [0.1, 0.15) is 16.8 Å². The van der Waals surface area contributed by atoms with Crippen LogP contribution in [0.25, 0.3) is 0 Å². The van der Waals surface area contributed by atoms with E-state index in [0.717, 1.165) is 5.69 Å². The first-order chi connectivity index (χ1) is 10.7. The summed E-state index contributed by atoms with van der Waals surface area (Å²) in [6.07, 6.45) is 2.11. The molecule has 6 heteroatoms. The highest BCUT2D eigenvalue weighted by molar-refractivity contribution is 6.06. The number of carbonyl (C=O) groups excluding carboxylic acids is 1. The van der Waals surface area contributed by atoms with Gasteiger partial charge in [0.2, 0.25) is 0 Å². The molecule has 0 spiro atoms. The molecule has 0 aliphatic carbocycles. The second kappa shape index (κ2) is 7.42. The van der Waals surface area contributed by atoms with Crippen LogP contribution in [0.5, 0.6) is 0 Å². The highest BCUT2D eigenvalue weighted by Crippen LogP contribution is 2.22. The molecular formula is C16H20N4O2. The lowest BCUT2D eigenvalue weighted by Gasteiger charge is -2.22. The van der Waals surface area contributed by atoms with Crippen LogP contribution >= 0.6 is 0 Å². The molecule has 22 heavy (non-hydrogen) atoms. The number of nitrogens with zero attached hydrogens (tertiary/aromatic N) is 2. The Morgan fingerprint density at radius 1 is 1.36 bits per heavy atom. The highest BCUT2D eigenvalue weighted by atomic mass is 16.3. The fourth-order valence-electron chi connectivity index (χ4n) is 2.14. The van der Waals surface area contributed by atoms with E-state index in [9.17, 15) is 4.79 Å². The molecule has 0 aliphatic rings. The topological polar surface area (TPSA) is 91.5 Å². The van der Waals surface area contributed by atoms with E-state index in [0.29, 0.717) is 30.0 Å². The van der Waals surface area contributed by atoms with Gasteiger partial charge in [0.25, 0.3) is 5.91 Å². The average Bonchev–Trinajstić information content (AvgIpc) is 2.56. The van der Waals surface area contributed by atoms with Gasteiger partial charge in [-0.25, -0.2) is 4.98 Å². The molecule has 0 aliphatic heterocycles. The molecule has 0 saturated carbocycles. The fourth-order valence-corrected chi connectivity index (χ4v) is 2.14. The normalized spacial score (nSPS) is 10.3. The number of nitrogens with two attached hydrogens (primary N) is 1. The summed E-state index contributed by atoms with van der Waals surface area (Å²) in [5.74, 6) is 0.360. The van der Waals surface area contributed by atoms with Crippen molar-refractivity contribution in [2.75, 3.05) is 36.1 Å². The van der Waals surface area contributed by atoms with Gasteiger partial charge in [-0.1, -0.05) is 6.07 Å². The fraction of sp³-hybridized carbons (Fsp3) is 0.250. The third-order valence-corrected chi connectivity index (χ3v) is 3.28. The number of aromatic nitrogens is 1. The monoisotopic (exact) mass is 300 g/mol. The maximum absolute atomic E-state index is 12.7. The van der Waals surface area contributed by atoms with Crippen molar-refractivity contribution in [1.29, 1.82) is 0 Å². The zero-order valence-corrected chi connectivity index (χ0v) is 12.5. The van der Waals surface area contributed by atoms with Gasteiger partial charge in [-0.2, -0.15) is 0 Å². The summed E-state index contributed by atoms with van der Waals surface area (Å²) in [6.45, 7) is 0.400. The van der Waals surface area contributed by atoms with Crippen LogP contribution in [-0.4, -0.2) is 36.2 Å². The quantitative estimate of drug-likeness (QED) is 0.707. The van der Waals surface area contributed by atoms with Crippen molar-refractivity contribution in [2.24, 2.45) is 0 Å². The minimum atomic E-state index is -0.193. The van der Waals surface area contributed by atoms with Crippen molar-refractivity contribution in [1.82, 2.24) is 4.98 Å². The Hall–Kier alpha value is -2.60. The van der Waals surface area contributed by atoms with Gasteiger partial charge in [0.1, 0.15) is 5.82 Å². The molecule has 0 unspecified atom stereocenters. The minimum Gasteiger partial charge on any atom is -0.397 e. The molecule has 6 nitrogen and oxygen atoms in total. The Labute approximate surface area is 129 Å². The molecule has 1 aromatic heterocycles. The number of aliphatic hydroxyl groups is 1. The predicted molar refractivity (Wildman–Crippen MR) is 88.0 cm³/mol. The van der Waals surface area contributed by atoms with Crippen LogP contribution in [0.2, 0.25) is 0 Å². The summed E-state index contributed by atoms with van der Waals surface area (Å²) in [4.78, 5) is 18.5.